The molecule has 0 aliphatic carbocycles. The summed E-state index contributed by atoms with van der Waals surface area (Å²) in [5.41, 5.74) is 1.22. The van der Waals surface area contributed by atoms with Crippen LogP contribution in [0.15, 0.2) is 53.0 Å². The normalized spacial score (nSPS) is 12.2. The maximum atomic E-state index is 5.78. The van der Waals surface area contributed by atoms with Gasteiger partial charge in [0.2, 0.25) is 0 Å². The van der Waals surface area contributed by atoms with Gasteiger partial charge in [-0.1, -0.05) is 40.2 Å². The third-order valence-electron chi connectivity index (χ3n) is 2.85. The first-order valence-corrected chi connectivity index (χ1v) is 6.69. The molecule has 0 radical (unpaired) electrons. The minimum Gasteiger partial charge on any atom is -0.457 e. The van der Waals surface area contributed by atoms with E-state index in [1.165, 1.54) is 5.56 Å². The van der Waals surface area contributed by atoms with Crippen LogP contribution < -0.4 is 10.1 Å². The van der Waals surface area contributed by atoms with Crippen LogP contribution in [0.25, 0.3) is 0 Å². The fraction of sp³-hybridized carbons (Fsp3) is 0.200. The summed E-state index contributed by atoms with van der Waals surface area (Å²) in [5.74, 6) is 1.68. The Labute approximate surface area is 116 Å². The highest BCUT2D eigenvalue weighted by Gasteiger charge is 2.08. The first-order chi connectivity index (χ1) is 8.70. The van der Waals surface area contributed by atoms with Crippen LogP contribution in [0, 0.1) is 0 Å². The molecular formula is C15H16BrNO. The van der Waals surface area contributed by atoms with Crippen LogP contribution in [0.3, 0.4) is 0 Å². The number of hydrogen-bond donors (Lipinski definition) is 1. The molecule has 0 bridgehead atoms. The maximum Gasteiger partial charge on any atom is 0.128 e. The first-order valence-electron chi connectivity index (χ1n) is 5.90. The van der Waals surface area contributed by atoms with E-state index >= 15 is 0 Å². The number of nitrogens with one attached hydrogen (secondary N) is 1. The van der Waals surface area contributed by atoms with Crippen LogP contribution in [-0.2, 0) is 0 Å². The Balaban J connectivity index is 2.19. The molecule has 2 rings (SSSR count). The zero-order chi connectivity index (χ0) is 13.0. The highest BCUT2D eigenvalue weighted by atomic mass is 79.9. The molecule has 2 nitrogen and oxygen atoms in total. The summed E-state index contributed by atoms with van der Waals surface area (Å²) >= 11 is 3.58. The number of halogens is 1. The molecule has 2 aromatic carbocycles. The van der Waals surface area contributed by atoms with Crippen molar-refractivity contribution >= 4 is 15.9 Å². The summed E-state index contributed by atoms with van der Waals surface area (Å²) in [4.78, 5) is 0. The van der Waals surface area contributed by atoms with E-state index in [-0.39, 0.29) is 0 Å². The molecule has 0 amide bonds. The van der Waals surface area contributed by atoms with E-state index in [1.54, 1.807) is 0 Å². The molecular weight excluding hydrogens is 290 g/mol. The largest absolute Gasteiger partial charge is 0.457 e. The molecule has 3 heteroatoms. The Kier molecular flexibility index (Phi) is 4.39. The van der Waals surface area contributed by atoms with Crippen LogP contribution in [0.1, 0.15) is 18.5 Å². The lowest BCUT2D eigenvalue weighted by molar-refractivity contribution is 0.481. The molecule has 0 aliphatic heterocycles. The summed E-state index contributed by atoms with van der Waals surface area (Å²) in [6.45, 7) is 2.12. The second-order valence-electron chi connectivity index (χ2n) is 4.11. The van der Waals surface area contributed by atoms with Crippen LogP contribution in [-0.4, -0.2) is 7.05 Å². The SMILES string of the molecule is CNC(C)c1ccc(Oc2ccccc2)cc1Br. The molecule has 1 unspecified atom stereocenters. The van der Waals surface area contributed by atoms with Gasteiger partial charge in [0.15, 0.2) is 0 Å². The Morgan fingerprint density at radius 2 is 1.78 bits per heavy atom. The summed E-state index contributed by atoms with van der Waals surface area (Å²) < 4.78 is 6.83. The Morgan fingerprint density at radius 3 is 2.39 bits per heavy atom. The molecule has 94 valence electrons. The second kappa shape index (κ2) is 6.03. The molecule has 0 aliphatic rings. The van der Waals surface area contributed by atoms with Gasteiger partial charge in [0, 0.05) is 10.5 Å². The lowest BCUT2D eigenvalue weighted by Gasteiger charge is -2.14. The average molecular weight is 306 g/mol. The highest BCUT2D eigenvalue weighted by molar-refractivity contribution is 9.10. The van der Waals surface area contributed by atoms with Crippen molar-refractivity contribution in [3.05, 3.63) is 58.6 Å². The zero-order valence-electron chi connectivity index (χ0n) is 10.5. The van der Waals surface area contributed by atoms with Gasteiger partial charge in [-0.15, -0.1) is 0 Å². The number of rotatable bonds is 4. The van der Waals surface area contributed by atoms with Crippen molar-refractivity contribution in [1.82, 2.24) is 5.32 Å². The van der Waals surface area contributed by atoms with E-state index in [2.05, 4.69) is 34.2 Å². The van der Waals surface area contributed by atoms with Gasteiger partial charge in [-0.25, -0.2) is 0 Å². The predicted molar refractivity (Wildman–Crippen MR) is 78.1 cm³/mol. The van der Waals surface area contributed by atoms with Gasteiger partial charge in [-0.3, -0.25) is 0 Å². The second-order valence-corrected chi connectivity index (χ2v) is 4.96. The standard InChI is InChI=1S/C15H16BrNO/c1-11(17-2)14-9-8-13(10-15(14)16)18-12-6-4-3-5-7-12/h3-11,17H,1-2H3. The van der Waals surface area contributed by atoms with E-state index in [9.17, 15) is 0 Å². The molecule has 0 aromatic heterocycles. The molecule has 2 aromatic rings. The van der Waals surface area contributed by atoms with Crippen molar-refractivity contribution < 1.29 is 4.74 Å². The molecule has 1 N–H and O–H groups in total. The van der Waals surface area contributed by atoms with Crippen LogP contribution in [0.5, 0.6) is 11.5 Å². The predicted octanol–water partition coefficient (Wildman–Crippen LogP) is 4.52. The van der Waals surface area contributed by atoms with Crippen molar-refractivity contribution in [2.24, 2.45) is 0 Å². The summed E-state index contributed by atoms with van der Waals surface area (Å²) in [7, 11) is 1.95. The highest BCUT2D eigenvalue weighted by Crippen LogP contribution is 2.29. The minimum atomic E-state index is 0.310. The van der Waals surface area contributed by atoms with Gasteiger partial charge < -0.3 is 10.1 Å². The molecule has 0 heterocycles. The fourth-order valence-electron chi connectivity index (χ4n) is 1.70. The van der Waals surface area contributed by atoms with E-state index in [0.29, 0.717) is 6.04 Å². The maximum absolute atomic E-state index is 5.78. The van der Waals surface area contributed by atoms with Crippen molar-refractivity contribution in [3.8, 4) is 11.5 Å². The van der Waals surface area contributed by atoms with E-state index in [0.717, 1.165) is 16.0 Å². The molecule has 1 atom stereocenters. The number of hydrogen-bond acceptors (Lipinski definition) is 2. The average Bonchev–Trinajstić information content (AvgIpc) is 2.39. The van der Waals surface area contributed by atoms with Crippen LogP contribution in [0.2, 0.25) is 0 Å². The monoisotopic (exact) mass is 305 g/mol. The molecule has 0 fully saturated rings. The summed E-state index contributed by atoms with van der Waals surface area (Å²) in [5, 5.41) is 3.22. The van der Waals surface area contributed by atoms with Gasteiger partial charge >= 0.3 is 0 Å². The zero-order valence-corrected chi connectivity index (χ0v) is 12.1. The Bertz CT molecular complexity index is 513. The molecule has 18 heavy (non-hydrogen) atoms. The van der Waals surface area contributed by atoms with Crippen molar-refractivity contribution in [2.45, 2.75) is 13.0 Å². The van der Waals surface area contributed by atoms with E-state index in [4.69, 9.17) is 4.74 Å². The third kappa shape index (κ3) is 3.12. The van der Waals surface area contributed by atoms with Gasteiger partial charge in [0.1, 0.15) is 11.5 Å². The topological polar surface area (TPSA) is 21.3 Å². The van der Waals surface area contributed by atoms with Gasteiger partial charge in [-0.05, 0) is 43.8 Å². The summed E-state index contributed by atoms with van der Waals surface area (Å²) in [6, 6.07) is 16.1. The third-order valence-corrected chi connectivity index (χ3v) is 3.54. The van der Waals surface area contributed by atoms with Crippen molar-refractivity contribution in [1.29, 1.82) is 0 Å². The van der Waals surface area contributed by atoms with Crippen molar-refractivity contribution in [2.75, 3.05) is 7.05 Å². The molecule has 0 spiro atoms. The number of benzene rings is 2. The Morgan fingerprint density at radius 1 is 1.06 bits per heavy atom. The summed E-state index contributed by atoms with van der Waals surface area (Å²) in [6.07, 6.45) is 0. The van der Waals surface area contributed by atoms with E-state index in [1.807, 2.05) is 49.5 Å². The van der Waals surface area contributed by atoms with Gasteiger partial charge in [-0.2, -0.15) is 0 Å². The van der Waals surface area contributed by atoms with Gasteiger partial charge in [0.05, 0.1) is 0 Å². The minimum absolute atomic E-state index is 0.310. The molecule has 0 saturated heterocycles. The molecule has 0 saturated carbocycles. The van der Waals surface area contributed by atoms with Crippen molar-refractivity contribution in [3.63, 3.8) is 0 Å². The first kappa shape index (κ1) is 13.1. The lowest BCUT2D eigenvalue weighted by Crippen LogP contribution is -2.12. The van der Waals surface area contributed by atoms with Gasteiger partial charge in [0.25, 0.3) is 0 Å². The Hall–Kier alpha value is -1.32. The van der Waals surface area contributed by atoms with Crippen LogP contribution in [0.4, 0.5) is 0 Å². The fourth-order valence-corrected chi connectivity index (χ4v) is 2.40. The lowest BCUT2D eigenvalue weighted by atomic mass is 10.1. The van der Waals surface area contributed by atoms with Crippen LogP contribution >= 0.6 is 15.9 Å². The smallest absolute Gasteiger partial charge is 0.128 e. The quantitative estimate of drug-likeness (QED) is 0.896. The van der Waals surface area contributed by atoms with E-state index < -0.39 is 0 Å². The number of ether oxygens (including phenoxy) is 1. The number of para-hydroxylation sites is 1.